The van der Waals surface area contributed by atoms with Gasteiger partial charge in [-0.2, -0.15) is 5.26 Å². The number of rotatable bonds is 6. The molecule has 0 aliphatic rings. The summed E-state index contributed by atoms with van der Waals surface area (Å²) in [4.78, 5) is 0. The molecule has 0 bridgehead atoms. The van der Waals surface area contributed by atoms with Crippen LogP contribution in [0.25, 0.3) is 0 Å². The maximum absolute atomic E-state index is 12.9. The van der Waals surface area contributed by atoms with Gasteiger partial charge >= 0.3 is 0 Å². The zero-order valence-electron chi connectivity index (χ0n) is 12.1. The molecule has 0 aliphatic carbocycles. The van der Waals surface area contributed by atoms with E-state index in [0.29, 0.717) is 13.0 Å². The fourth-order valence-corrected chi connectivity index (χ4v) is 2.18. The van der Waals surface area contributed by atoms with E-state index in [4.69, 9.17) is 4.74 Å². The highest BCUT2D eigenvalue weighted by Gasteiger charge is 2.10. The van der Waals surface area contributed by atoms with Gasteiger partial charge in [0.05, 0.1) is 18.6 Å². The zero-order valence-corrected chi connectivity index (χ0v) is 12.1. The van der Waals surface area contributed by atoms with Crippen LogP contribution in [0.4, 0.5) is 4.39 Å². The number of hydrogen-bond donors (Lipinski definition) is 0. The molecular weight excluding hydrogens is 265 g/mol. The first kappa shape index (κ1) is 15.1. The van der Waals surface area contributed by atoms with Crippen LogP contribution in [-0.2, 0) is 0 Å². The number of nitriles is 1. The summed E-state index contributed by atoms with van der Waals surface area (Å²) >= 11 is 0. The molecule has 0 spiro atoms. The molecule has 0 aromatic heterocycles. The van der Waals surface area contributed by atoms with E-state index in [0.717, 1.165) is 23.3 Å². The standard InChI is InChI=1S/C18H18FNO/c1-14-4-2-6-18(12-14)21-11-3-5-16(13-20)15-7-9-17(19)10-8-15/h2,4,6-10,12,16H,3,5,11H2,1H3. The molecule has 2 nitrogen and oxygen atoms in total. The fourth-order valence-electron chi connectivity index (χ4n) is 2.18. The molecule has 2 aromatic rings. The van der Waals surface area contributed by atoms with Crippen LogP contribution >= 0.6 is 0 Å². The zero-order chi connectivity index (χ0) is 15.1. The van der Waals surface area contributed by atoms with Crippen molar-refractivity contribution in [3.8, 4) is 11.8 Å². The normalized spacial score (nSPS) is 11.7. The molecule has 0 radical (unpaired) electrons. The van der Waals surface area contributed by atoms with Crippen molar-refractivity contribution in [2.45, 2.75) is 25.7 Å². The lowest BCUT2D eigenvalue weighted by Crippen LogP contribution is -2.02. The number of aryl methyl sites for hydroxylation is 1. The second-order valence-corrected chi connectivity index (χ2v) is 5.04. The molecular formula is C18H18FNO. The van der Waals surface area contributed by atoms with Gasteiger partial charge < -0.3 is 4.74 Å². The predicted molar refractivity (Wildman–Crippen MR) is 80.7 cm³/mol. The van der Waals surface area contributed by atoms with Crippen molar-refractivity contribution in [3.05, 3.63) is 65.5 Å². The van der Waals surface area contributed by atoms with E-state index in [1.165, 1.54) is 12.1 Å². The molecule has 0 fully saturated rings. The summed E-state index contributed by atoms with van der Waals surface area (Å²) in [7, 11) is 0. The summed E-state index contributed by atoms with van der Waals surface area (Å²) in [5.41, 5.74) is 2.02. The predicted octanol–water partition coefficient (Wildman–Crippen LogP) is 4.60. The van der Waals surface area contributed by atoms with Gasteiger partial charge in [0.25, 0.3) is 0 Å². The summed E-state index contributed by atoms with van der Waals surface area (Å²) in [5, 5.41) is 9.22. The van der Waals surface area contributed by atoms with Crippen LogP contribution in [0.5, 0.6) is 5.75 Å². The lowest BCUT2D eigenvalue weighted by atomic mass is 9.96. The first-order chi connectivity index (χ1) is 10.2. The smallest absolute Gasteiger partial charge is 0.123 e. The number of nitrogens with zero attached hydrogens (tertiary/aromatic N) is 1. The van der Waals surface area contributed by atoms with E-state index in [1.807, 2.05) is 31.2 Å². The quantitative estimate of drug-likeness (QED) is 0.726. The summed E-state index contributed by atoms with van der Waals surface area (Å²) in [6.07, 6.45) is 1.48. The molecule has 0 amide bonds. The van der Waals surface area contributed by atoms with Crippen molar-refractivity contribution in [2.75, 3.05) is 6.61 Å². The van der Waals surface area contributed by atoms with Crippen LogP contribution in [0.2, 0.25) is 0 Å². The highest BCUT2D eigenvalue weighted by Crippen LogP contribution is 2.21. The van der Waals surface area contributed by atoms with E-state index in [-0.39, 0.29) is 11.7 Å². The molecule has 0 aliphatic heterocycles. The van der Waals surface area contributed by atoms with Gasteiger partial charge in [-0.1, -0.05) is 24.3 Å². The molecule has 1 unspecified atom stereocenters. The maximum Gasteiger partial charge on any atom is 0.123 e. The Hall–Kier alpha value is -2.34. The van der Waals surface area contributed by atoms with Crippen LogP contribution in [-0.4, -0.2) is 6.61 Å². The van der Waals surface area contributed by atoms with Gasteiger partial charge in [-0.3, -0.25) is 0 Å². The lowest BCUT2D eigenvalue weighted by molar-refractivity contribution is 0.305. The molecule has 0 N–H and O–H groups in total. The minimum atomic E-state index is -0.279. The SMILES string of the molecule is Cc1cccc(OCCCC(C#N)c2ccc(F)cc2)c1. The largest absolute Gasteiger partial charge is 0.494 e. The third kappa shape index (κ3) is 4.61. The van der Waals surface area contributed by atoms with Crippen LogP contribution in [0.15, 0.2) is 48.5 Å². The molecule has 1 atom stereocenters. The minimum absolute atomic E-state index is 0.216. The van der Waals surface area contributed by atoms with Crippen molar-refractivity contribution in [1.82, 2.24) is 0 Å². The average Bonchev–Trinajstić information content (AvgIpc) is 2.49. The first-order valence-electron chi connectivity index (χ1n) is 7.03. The Bertz CT molecular complexity index is 616. The summed E-state index contributed by atoms with van der Waals surface area (Å²) in [6, 6.07) is 16.3. The van der Waals surface area contributed by atoms with E-state index >= 15 is 0 Å². The Morgan fingerprint density at radius 2 is 1.95 bits per heavy atom. The number of benzene rings is 2. The van der Waals surface area contributed by atoms with Crippen LogP contribution in [0, 0.1) is 24.1 Å². The summed E-state index contributed by atoms with van der Waals surface area (Å²) in [6.45, 7) is 2.59. The van der Waals surface area contributed by atoms with Crippen LogP contribution in [0.3, 0.4) is 0 Å². The topological polar surface area (TPSA) is 33.0 Å². The van der Waals surface area contributed by atoms with E-state index in [2.05, 4.69) is 6.07 Å². The lowest BCUT2D eigenvalue weighted by Gasteiger charge is -2.10. The van der Waals surface area contributed by atoms with Crippen molar-refractivity contribution in [2.24, 2.45) is 0 Å². The van der Waals surface area contributed by atoms with E-state index < -0.39 is 0 Å². The van der Waals surface area contributed by atoms with Gasteiger partial charge in [0.15, 0.2) is 0 Å². The van der Waals surface area contributed by atoms with Gasteiger partial charge in [-0.05, 0) is 55.2 Å². The Morgan fingerprint density at radius 3 is 2.62 bits per heavy atom. The highest BCUT2D eigenvalue weighted by atomic mass is 19.1. The fraction of sp³-hybridized carbons (Fsp3) is 0.278. The average molecular weight is 283 g/mol. The second-order valence-electron chi connectivity index (χ2n) is 5.04. The minimum Gasteiger partial charge on any atom is -0.494 e. The maximum atomic E-state index is 12.9. The van der Waals surface area contributed by atoms with Gasteiger partial charge in [-0.15, -0.1) is 0 Å². The molecule has 108 valence electrons. The van der Waals surface area contributed by atoms with Gasteiger partial charge in [-0.25, -0.2) is 4.39 Å². The summed E-state index contributed by atoms with van der Waals surface area (Å²) in [5.74, 6) is 0.357. The Labute approximate surface area is 124 Å². The Balaban J connectivity index is 1.81. The molecule has 21 heavy (non-hydrogen) atoms. The summed E-state index contributed by atoms with van der Waals surface area (Å²) < 4.78 is 18.5. The Kier molecular flexibility index (Phi) is 5.34. The van der Waals surface area contributed by atoms with E-state index in [9.17, 15) is 9.65 Å². The third-order valence-electron chi connectivity index (χ3n) is 3.32. The van der Waals surface area contributed by atoms with Gasteiger partial charge in [0.2, 0.25) is 0 Å². The highest BCUT2D eigenvalue weighted by molar-refractivity contribution is 5.27. The van der Waals surface area contributed by atoms with Gasteiger partial charge in [0, 0.05) is 0 Å². The molecule has 0 saturated carbocycles. The molecule has 2 aromatic carbocycles. The van der Waals surface area contributed by atoms with Crippen molar-refractivity contribution < 1.29 is 9.13 Å². The van der Waals surface area contributed by atoms with Crippen LogP contribution < -0.4 is 4.74 Å². The van der Waals surface area contributed by atoms with Gasteiger partial charge in [0.1, 0.15) is 11.6 Å². The van der Waals surface area contributed by atoms with Crippen LogP contribution in [0.1, 0.15) is 29.9 Å². The third-order valence-corrected chi connectivity index (χ3v) is 3.32. The van der Waals surface area contributed by atoms with Crippen molar-refractivity contribution in [3.63, 3.8) is 0 Å². The number of hydrogen-bond acceptors (Lipinski definition) is 2. The monoisotopic (exact) mass is 283 g/mol. The van der Waals surface area contributed by atoms with Crippen molar-refractivity contribution in [1.29, 1.82) is 5.26 Å². The van der Waals surface area contributed by atoms with E-state index in [1.54, 1.807) is 12.1 Å². The number of halogens is 1. The molecule has 2 rings (SSSR count). The second kappa shape index (κ2) is 7.44. The molecule has 0 heterocycles. The van der Waals surface area contributed by atoms with Crippen molar-refractivity contribution >= 4 is 0 Å². The molecule has 0 saturated heterocycles. The number of ether oxygens (including phenoxy) is 1. The molecule has 3 heteroatoms. The Morgan fingerprint density at radius 1 is 1.19 bits per heavy atom. The first-order valence-corrected chi connectivity index (χ1v) is 7.03.